The van der Waals surface area contributed by atoms with Gasteiger partial charge < -0.3 is 15.2 Å². The molecule has 0 spiro atoms. The number of benzene rings is 1. The Kier molecular flexibility index (Phi) is 16.4. The molecule has 132 valence electrons. The second kappa shape index (κ2) is 16.7. The first-order chi connectivity index (χ1) is 11.4. The van der Waals surface area contributed by atoms with Crippen LogP contribution < -0.4 is 5.32 Å². The Hall–Kier alpha value is -2.66. The van der Waals surface area contributed by atoms with Crippen molar-refractivity contribution >= 4 is 18.0 Å². The lowest BCUT2D eigenvalue weighted by Crippen LogP contribution is -2.22. The van der Waals surface area contributed by atoms with E-state index in [0.717, 1.165) is 0 Å². The highest BCUT2D eigenvalue weighted by Crippen LogP contribution is 1.97. The van der Waals surface area contributed by atoms with Crippen LogP contribution in [0.15, 0.2) is 61.7 Å². The molecule has 0 heterocycles. The van der Waals surface area contributed by atoms with Crippen molar-refractivity contribution in [1.29, 1.82) is 0 Å². The summed E-state index contributed by atoms with van der Waals surface area (Å²) in [5.41, 5.74) is 1.61. The zero-order valence-electron chi connectivity index (χ0n) is 14.5. The molecule has 0 aliphatic carbocycles. The van der Waals surface area contributed by atoms with Crippen LogP contribution in [0.5, 0.6) is 0 Å². The summed E-state index contributed by atoms with van der Waals surface area (Å²) in [6, 6.07) is 10.0. The van der Waals surface area contributed by atoms with Crippen molar-refractivity contribution in [1.82, 2.24) is 5.32 Å². The van der Waals surface area contributed by atoms with E-state index >= 15 is 0 Å². The van der Waals surface area contributed by atoms with Gasteiger partial charge in [-0.05, 0) is 25.0 Å². The van der Waals surface area contributed by atoms with Crippen LogP contribution in [-0.4, -0.2) is 37.2 Å². The molecule has 1 amide bonds. The van der Waals surface area contributed by atoms with Crippen molar-refractivity contribution in [3.63, 3.8) is 0 Å². The first kappa shape index (κ1) is 23.6. The molecule has 5 heteroatoms. The molecule has 2 N–H and O–H groups in total. The maximum Gasteiger partial charge on any atom is 0.332 e. The van der Waals surface area contributed by atoms with Crippen LogP contribution in [0, 0.1) is 0 Å². The van der Waals surface area contributed by atoms with E-state index in [1.165, 1.54) is 18.7 Å². The number of aliphatic hydroxyl groups is 1. The lowest BCUT2D eigenvalue weighted by molar-refractivity contribution is -0.136. The second-order valence-corrected chi connectivity index (χ2v) is 4.46. The third kappa shape index (κ3) is 15.7. The number of hydrogen-bond acceptors (Lipinski definition) is 4. The van der Waals surface area contributed by atoms with Gasteiger partial charge in [0.1, 0.15) is 0 Å². The van der Waals surface area contributed by atoms with Gasteiger partial charge in [-0.3, -0.25) is 4.79 Å². The van der Waals surface area contributed by atoms with Crippen molar-refractivity contribution in [3.8, 4) is 0 Å². The van der Waals surface area contributed by atoms with E-state index in [1.807, 2.05) is 36.4 Å². The Bertz CT molecular complexity index is 509. The van der Waals surface area contributed by atoms with Gasteiger partial charge in [0, 0.05) is 18.7 Å². The van der Waals surface area contributed by atoms with Crippen molar-refractivity contribution in [3.05, 3.63) is 67.3 Å². The number of aliphatic hydroxyl groups excluding tert-OH is 1. The molecular weight excluding hydrogens is 306 g/mol. The van der Waals surface area contributed by atoms with E-state index in [-0.39, 0.29) is 18.5 Å². The predicted octanol–water partition coefficient (Wildman–Crippen LogP) is 2.74. The summed E-state index contributed by atoms with van der Waals surface area (Å²) >= 11 is 0. The Labute approximate surface area is 144 Å². The minimum atomic E-state index is -0.347. The minimum Gasteiger partial charge on any atom is -0.466 e. The van der Waals surface area contributed by atoms with Crippen molar-refractivity contribution < 1.29 is 19.4 Å². The van der Waals surface area contributed by atoms with E-state index in [9.17, 15) is 9.59 Å². The number of rotatable bonds is 6. The van der Waals surface area contributed by atoms with E-state index in [2.05, 4.69) is 29.8 Å². The molecule has 0 atom stereocenters. The molecule has 0 radical (unpaired) electrons. The van der Waals surface area contributed by atoms with Crippen LogP contribution >= 0.6 is 0 Å². The molecule has 5 nitrogen and oxygen atoms in total. The van der Waals surface area contributed by atoms with Crippen molar-refractivity contribution in [2.75, 3.05) is 20.3 Å². The molecule has 0 aromatic heterocycles. The second-order valence-electron chi connectivity index (χ2n) is 4.46. The lowest BCUT2D eigenvalue weighted by Gasteiger charge is -1.96. The van der Waals surface area contributed by atoms with Crippen LogP contribution in [0.3, 0.4) is 0 Å². The summed E-state index contributed by atoms with van der Waals surface area (Å²) in [5, 5.41) is 10.8. The third-order valence-electron chi connectivity index (χ3n) is 2.39. The minimum absolute atomic E-state index is 0.109. The normalized spacial score (nSPS) is 8.29. The molecule has 1 aromatic carbocycles. The van der Waals surface area contributed by atoms with Gasteiger partial charge in [-0.25, -0.2) is 4.79 Å². The Morgan fingerprint density at radius 1 is 1.25 bits per heavy atom. The molecule has 0 unspecified atom stereocenters. The smallest absolute Gasteiger partial charge is 0.332 e. The van der Waals surface area contributed by atoms with Crippen LogP contribution in [0.25, 0.3) is 6.08 Å². The van der Waals surface area contributed by atoms with E-state index in [1.54, 1.807) is 6.92 Å². The number of ether oxygens (including phenoxy) is 1. The Balaban J connectivity index is 0. The summed E-state index contributed by atoms with van der Waals surface area (Å²) in [6.45, 7) is 12.5. The van der Waals surface area contributed by atoms with E-state index in [4.69, 9.17) is 5.11 Å². The number of carbonyl (C=O) groups excluding carboxylic acids is 2. The van der Waals surface area contributed by atoms with Gasteiger partial charge in [-0.1, -0.05) is 56.1 Å². The summed E-state index contributed by atoms with van der Waals surface area (Å²) in [6.07, 6.45) is 3.64. The van der Waals surface area contributed by atoms with Gasteiger partial charge in [0.05, 0.1) is 7.11 Å². The quantitative estimate of drug-likeness (QED) is 0.477. The fourth-order valence-electron chi connectivity index (χ4n) is 1.13. The maximum atomic E-state index is 10.4. The fourth-order valence-corrected chi connectivity index (χ4v) is 1.13. The molecule has 0 bridgehead atoms. The number of hydrogen-bond donors (Lipinski definition) is 2. The Morgan fingerprint density at radius 2 is 1.83 bits per heavy atom. The van der Waals surface area contributed by atoms with Gasteiger partial charge in [-0.15, -0.1) is 0 Å². The summed E-state index contributed by atoms with van der Waals surface area (Å²) in [7, 11) is 1.33. The molecule has 0 saturated carbocycles. The SMILES string of the molecule is C=C(C)C(=O)OC.C=CC(=O)NCCCO.C=Cc1ccccc1. The largest absolute Gasteiger partial charge is 0.466 e. The van der Waals surface area contributed by atoms with E-state index < -0.39 is 0 Å². The van der Waals surface area contributed by atoms with Crippen LogP contribution in [0.4, 0.5) is 0 Å². The molecule has 0 fully saturated rings. The number of carbonyl (C=O) groups is 2. The van der Waals surface area contributed by atoms with Crippen LogP contribution in [-0.2, 0) is 14.3 Å². The van der Waals surface area contributed by atoms with Gasteiger partial charge >= 0.3 is 5.97 Å². The number of nitrogens with one attached hydrogen (secondary N) is 1. The lowest BCUT2D eigenvalue weighted by atomic mass is 10.2. The molecule has 0 saturated heterocycles. The molecule has 1 rings (SSSR count). The first-order valence-electron chi connectivity index (χ1n) is 7.35. The van der Waals surface area contributed by atoms with E-state index in [0.29, 0.717) is 18.5 Å². The monoisotopic (exact) mass is 333 g/mol. The molecule has 1 aromatic rings. The standard InChI is InChI=1S/C8H8.C6H11NO2.C5H8O2/c1-2-8-6-4-3-5-7-8;1-2-6(9)7-4-3-5-8;1-4(2)5(6)7-3/h2-7H,1H2;2,8H,1,3-5H2,(H,7,9);1H2,2-3H3. The van der Waals surface area contributed by atoms with Gasteiger partial charge in [0.15, 0.2) is 0 Å². The Morgan fingerprint density at radius 3 is 2.12 bits per heavy atom. The highest BCUT2D eigenvalue weighted by molar-refractivity contribution is 5.87. The zero-order chi connectivity index (χ0) is 18.8. The number of methoxy groups -OCH3 is 1. The topological polar surface area (TPSA) is 75.6 Å². The molecule has 24 heavy (non-hydrogen) atoms. The van der Waals surface area contributed by atoms with Crippen LogP contribution in [0.2, 0.25) is 0 Å². The highest BCUT2D eigenvalue weighted by Gasteiger charge is 1.95. The average Bonchev–Trinajstić information content (AvgIpc) is 2.62. The summed E-state index contributed by atoms with van der Waals surface area (Å²) < 4.78 is 4.27. The number of amides is 1. The zero-order valence-corrected chi connectivity index (χ0v) is 14.5. The van der Waals surface area contributed by atoms with Crippen molar-refractivity contribution in [2.24, 2.45) is 0 Å². The molecule has 0 aliphatic heterocycles. The highest BCUT2D eigenvalue weighted by atomic mass is 16.5. The molecular formula is C19H27NO4. The molecule has 0 aliphatic rings. The number of esters is 1. The van der Waals surface area contributed by atoms with Crippen LogP contribution in [0.1, 0.15) is 18.9 Å². The first-order valence-corrected chi connectivity index (χ1v) is 7.35. The predicted molar refractivity (Wildman–Crippen MR) is 98.3 cm³/mol. The summed E-state index contributed by atoms with van der Waals surface area (Å²) in [4.78, 5) is 20.6. The fraction of sp³-hybridized carbons (Fsp3) is 0.263. The maximum absolute atomic E-state index is 10.4. The summed E-state index contributed by atoms with van der Waals surface area (Å²) in [5.74, 6) is -0.538. The average molecular weight is 333 g/mol. The van der Waals surface area contributed by atoms with Gasteiger partial charge in [-0.2, -0.15) is 0 Å². The third-order valence-corrected chi connectivity index (χ3v) is 2.39. The van der Waals surface area contributed by atoms with Gasteiger partial charge in [0.25, 0.3) is 0 Å². The van der Waals surface area contributed by atoms with Gasteiger partial charge in [0.2, 0.25) is 5.91 Å². The van der Waals surface area contributed by atoms with Crippen molar-refractivity contribution in [2.45, 2.75) is 13.3 Å².